The number of hydrogen-bond donors (Lipinski definition) is 0. The van der Waals surface area contributed by atoms with Gasteiger partial charge in [-0.15, -0.1) is 0 Å². The Morgan fingerprint density at radius 3 is 2.70 bits per heavy atom. The normalized spacial score (nSPS) is 28.0. The number of rotatable bonds is 6. The second-order valence-electron chi connectivity index (χ2n) is 5.16. The van der Waals surface area contributed by atoms with Crippen molar-refractivity contribution in [1.82, 2.24) is 0 Å². The summed E-state index contributed by atoms with van der Waals surface area (Å²) in [5.74, 6) is 0.487. The fourth-order valence-corrected chi connectivity index (χ4v) is 2.76. The van der Waals surface area contributed by atoms with E-state index in [4.69, 9.17) is 14.2 Å². The molecule has 0 aromatic heterocycles. The first-order valence-corrected chi connectivity index (χ1v) is 7.06. The third-order valence-electron chi connectivity index (χ3n) is 3.94. The maximum absolute atomic E-state index is 12.3. The highest BCUT2D eigenvalue weighted by atomic mass is 16.7. The zero-order chi connectivity index (χ0) is 14.8. The minimum Gasteiger partial charge on any atom is -0.497 e. The second kappa shape index (κ2) is 5.44. The molecule has 1 aliphatic heterocycles. The molecule has 1 saturated heterocycles. The van der Waals surface area contributed by atoms with E-state index in [2.05, 4.69) is 0 Å². The van der Waals surface area contributed by atoms with Gasteiger partial charge in [0, 0.05) is 0 Å². The van der Waals surface area contributed by atoms with Gasteiger partial charge in [-0.3, -0.25) is 0 Å². The van der Waals surface area contributed by atoms with Gasteiger partial charge in [-0.1, -0.05) is 25.5 Å². The molecule has 1 aromatic carbocycles. The average molecular weight is 278 g/mol. The van der Waals surface area contributed by atoms with Crippen LogP contribution in [0.4, 0.5) is 0 Å². The summed E-state index contributed by atoms with van der Waals surface area (Å²) in [6.07, 6.45) is 1.51. The van der Waals surface area contributed by atoms with Crippen molar-refractivity contribution in [3.05, 3.63) is 29.8 Å². The van der Waals surface area contributed by atoms with Crippen LogP contribution in [0.1, 0.15) is 39.2 Å². The maximum atomic E-state index is 12.3. The Balaban J connectivity index is 2.32. The Kier molecular flexibility index (Phi) is 4.04. The van der Waals surface area contributed by atoms with Crippen molar-refractivity contribution in [1.29, 1.82) is 0 Å². The lowest BCUT2D eigenvalue weighted by molar-refractivity contribution is -0.149. The zero-order valence-corrected chi connectivity index (χ0v) is 12.6. The molecule has 4 nitrogen and oxygen atoms in total. The summed E-state index contributed by atoms with van der Waals surface area (Å²) in [6.45, 7) is 6.15. The number of methoxy groups -OCH3 is 1. The number of carbonyl (C=O) groups is 1. The monoisotopic (exact) mass is 278 g/mol. The topological polar surface area (TPSA) is 48.1 Å². The molecule has 20 heavy (non-hydrogen) atoms. The Morgan fingerprint density at radius 1 is 1.35 bits per heavy atom. The molecule has 110 valence electrons. The summed E-state index contributed by atoms with van der Waals surface area (Å²) >= 11 is 0. The van der Waals surface area contributed by atoms with E-state index >= 15 is 0 Å². The summed E-state index contributed by atoms with van der Waals surface area (Å²) in [7, 11) is 1.62. The number of epoxide rings is 1. The lowest BCUT2D eigenvalue weighted by atomic mass is 9.84. The van der Waals surface area contributed by atoms with E-state index in [0.717, 1.165) is 17.7 Å². The molecule has 1 fully saturated rings. The first-order chi connectivity index (χ1) is 9.54. The van der Waals surface area contributed by atoms with Crippen LogP contribution in [0.25, 0.3) is 0 Å². The highest BCUT2D eigenvalue weighted by Crippen LogP contribution is 2.59. The minimum absolute atomic E-state index is 0.271. The molecule has 0 N–H and O–H groups in total. The third-order valence-corrected chi connectivity index (χ3v) is 3.94. The largest absolute Gasteiger partial charge is 0.497 e. The van der Waals surface area contributed by atoms with Crippen LogP contribution in [-0.4, -0.2) is 25.3 Å². The van der Waals surface area contributed by atoms with Crippen LogP contribution in [0.15, 0.2) is 24.3 Å². The molecule has 2 atom stereocenters. The molecule has 0 bridgehead atoms. The Labute approximate surface area is 120 Å². The van der Waals surface area contributed by atoms with Crippen LogP contribution in [0.2, 0.25) is 0 Å². The first-order valence-electron chi connectivity index (χ1n) is 7.06. The van der Waals surface area contributed by atoms with Crippen LogP contribution in [0.3, 0.4) is 0 Å². The van der Waals surface area contributed by atoms with Crippen molar-refractivity contribution < 1.29 is 19.0 Å². The quantitative estimate of drug-likeness (QED) is 0.593. The van der Waals surface area contributed by atoms with E-state index in [-0.39, 0.29) is 5.97 Å². The van der Waals surface area contributed by atoms with Gasteiger partial charge in [0.05, 0.1) is 13.7 Å². The van der Waals surface area contributed by atoms with Crippen molar-refractivity contribution in [3.8, 4) is 5.75 Å². The summed E-state index contributed by atoms with van der Waals surface area (Å²) < 4.78 is 16.3. The smallest absolute Gasteiger partial charge is 0.341 e. The molecule has 2 rings (SSSR count). The van der Waals surface area contributed by atoms with E-state index in [9.17, 15) is 4.79 Å². The highest BCUT2D eigenvalue weighted by molar-refractivity contribution is 5.85. The number of ether oxygens (including phenoxy) is 3. The molecule has 0 amide bonds. The lowest BCUT2D eigenvalue weighted by Gasteiger charge is -2.16. The van der Waals surface area contributed by atoms with Gasteiger partial charge < -0.3 is 14.2 Å². The number of esters is 1. The van der Waals surface area contributed by atoms with Gasteiger partial charge >= 0.3 is 5.97 Å². The molecule has 1 heterocycles. The van der Waals surface area contributed by atoms with Crippen molar-refractivity contribution in [2.75, 3.05) is 13.7 Å². The predicted molar refractivity (Wildman–Crippen MR) is 75.7 cm³/mol. The van der Waals surface area contributed by atoms with Gasteiger partial charge in [0.25, 0.3) is 0 Å². The van der Waals surface area contributed by atoms with Crippen LogP contribution < -0.4 is 4.74 Å². The van der Waals surface area contributed by atoms with Crippen LogP contribution in [-0.2, 0) is 19.9 Å². The molecule has 0 spiro atoms. The SMILES string of the molecule is CCCC1(C(=O)OCC)OC1(C)c1cccc(OC)c1. The molecule has 1 aromatic rings. The Bertz CT molecular complexity index is 499. The standard InChI is InChI=1S/C16H22O4/c1-5-10-16(14(17)19-6-2)15(3,20-16)12-8-7-9-13(11-12)18-4/h7-9,11H,5-6,10H2,1-4H3. The van der Waals surface area contributed by atoms with Crippen molar-refractivity contribution in [2.24, 2.45) is 0 Å². The van der Waals surface area contributed by atoms with E-state index in [0.29, 0.717) is 13.0 Å². The van der Waals surface area contributed by atoms with Gasteiger partial charge in [0.15, 0.2) is 5.60 Å². The van der Waals surface area contributed by atoms with Crippen LogP contribution in [0, 0.1) is 0 Å². The van der Waals surface area contributed by atoms with Crippen LogP contribution >= 0.6 is 0 Å². The summed E-state index contributed by atoms with van der Waals surface area (Å²) in [4.78, 5) is 12.3. The van der Waals surface area contributed by atoms with E-state index in [1.165, 1.54) is 0 Å². The van der Waals surface area contributed by atoms with Gasteiger partial charge in [-0.25, -0.2) is 4.79 Å². The Hall–Kier alpha value is -1.55. The van der Waals surface area contributed by atoms with Gasteiger partial charge in [-0.05, 0) is 38.0 Å². The van der Waals surface area contributed by atoms with Crippen molar-refractivity contribution in [2.45, 2.75) is 44.8 Å². The fourth-order valence-electron chi connectivity index (χ4n) is 2.76. The van der Waals surface area contributed by atoms with Gasteiger partial charge in [-0.2, -0.15) is 0 Å². The van der Waals surface area contributed by atoms with E-state index in [1.54, 1.807) is 7.11 Å². The molecule has 0 radical (unpaired) electrons. The molecular formula is C16H22O4. The fraction of sp³-hybridized carbons (Fsp3) is 0.562. The number of carbonyl (C=O) groups excluding carboxylic acids is 1. The highest BCUT2D eigenvalue weighted by Gasteiger charge is 2.73. The van der Waals surface area contributed by atoms with E-state index < -0.39 is 11.2 Å². The van der Waals surface area contributed by atoms with Crippen LogP contribution in [0.5, 0.6) is 5.75 Å². The zero-order valence-electron chi connectivity index (χ0n) is 12.6. The summed E-state index contributed by atoms with van der Waals surface area (Å²) in [6, 6.07) is 7.65. The molecule has 0 saturated carbocycles. The molecular weight excluding hydrogens is 256 g/mol. The van der Waals surface area contributed by atoms with Gasteiger partial charge in [0.2, 0.25) is 0 Å². The number of benzene rings is 1. The molecule has 0 aliphatic carbocycles. The van der Waals surface area contributed by atoms with Crippen molar-refractivity contribution >= 4 is 5.97 Å². The second-order valence-corrected chi connectivity index (χ2v) is 5.16. The molecule has 2 unspecified atom stereocenters. The first kappa shape index (κ1) is 14.9. The molecule has 4 heteroatoms. The molecule has 1 aliphatic rings. The van der Waals surface area contributed by atoms with E-state index in [1.807, 2.05) is 45.0 Å². The number of hydrogen-bond acceptors (Lipinski definition) is 4. The Morgan fingerprint density at radius 2 is 2.10 bits per heavy atom. The summed E-state index contributed by atoms with van der Waals surface area (Å²) in [5, 5.41) is 0. The summed E-state index contributed by atoms with van der Waals surface area (Å²) in [5.41, 5.74) is -0.549. The lowest BCUT2D eigenvalue weighted by Crippen LogP contribution is -2.33. The van der Waals surface area contributed by atoms with Crippen molar-refractivity contribution in [3.63, 3.8) is 0 Å². The third kappa shape index (κ3) is 2.18. The van der Waals surface area contributed by atoms with Gasteiger partial charge in [0.1, 0.15) is 11.4 Å². The maximum Gasteiger partial charge on any atom is 0.341 e. The minimum atomic E-state index is -0.857. The predicted octanol–water partition coefficient (Wildman–Crippen LogP) is 3.04. The average Bonchev–Trinajstić information content (AvgIpc) is 3.07.